The Bertz CT molecular complexity index is 588. The zero-order valence-electron chi connectivity index (χ0n) is 11.2. The summed E-state index contributed by atoms with van der Waals surface area (Å²) in [7, 11) is 0. The molecule has 0 spiro atoms. The highest BCUT2D eigenvalue weighted by Gasteiger charge is 2.31. The van der Waals surface area contributed by atoms with Crippen molar-refractivity contribution >= 4 is 17.2 Å². The highest BCUT2D eigenvalue weighted by molar-refractivity contribution is 6.00. The minimum atomic E-state index is -0.507. The van der Waals surface area contributed by atoms with Gasteiger partial charge in [0.2, 0.25) is 0 Å². The molecular weight excluding hydrogens is 258 g/mol. The molecule has 1 aliphatic rings. The highest BCUT2D eigenvalue weighted by atomic mass is 16.6. The quantitative estimate of drug-likeness (QED) is 0.451. The summed E-state index contributed by atoms with van der Waals surface area (Å²) in [5, 5.41) is 19.5. The largest absolute Gasteiger partial charge is 0.367 e. The van der Waals surface area contributed by atoms with Gasteiger partial charge in [-0.1, -0.05) is 0 Å². The van der Waals surface area contributed by atoms with Gasteiger partial charge in [0, 0.05) is 36.0 Å². The molecule has 0 aliphatic heterocycles. The van der Waals surface area contributed by atoms with Crippen molar-refractivity contribution < 1.29 is 9.72 Å². The van der Waals surface area contributed by atoms with Crippen LogP contribution in [-0.4, -0.2) is 23.3 Å². The number of Topliss-reactive ketones (excluding diaryl/α,β-unsaturated/α-hetero) is 1. The number of benzene rings is 1. The summed E-state index contributed by atoms with van der Waals surface area (Å²) in [6, 6.07) is 6.77. The van der Waals surface area contributed by atoms with Crippen molar-refractivity contribution in [1.82, 2.24) is 0 Å². The zero-order valence-corrected chi connectivity index (χ0v) is 11.2. The Morgan fingerprint density at radius 1 is 1.55 bits per heavy atom. The molecule has 6 nitrogen and oxygen atoms in total. The summed E-state index contributed by atoms with van der Waals surface area (Å²) in [5.41, 5.74) is 0.958. The van der Waals surface area contributed by atoms with Gasteiger partial charge in [-0.15, -0.1) is 0 Å². The van der Waals surface area contributed by atoms with Gasteiger partial charge in [0.1, 0.15) is 0 Å². The van der Waals surface area contributed by atoms with Gasteiger partial charge in [0.05, 0.1) is 17.4 Å². The summed E-state index contributed by atoms with van der Waals surface area (Å²) in [4.78, 5) is 24.1. The molecule has 104 valence electrons. The Morgan fingerprint density at radius 3 is 2.75 bits per heavy atom. The highest BCUT2D eigenvalue weighted by Crippen LogP contribution is 2.35. The monoisotopic (exact) mass is 273 g/mol. The van der Waals surface area contributed by atoms with Crippen LogP contribution in [0.1, 0.15) is 36.5 Å². The number of hydrogen-bond acceptors (Lipinski definition) is 5. The van der Waals surface area contributed by atoms with Crippen LogP contribution in [0.15, 0.2) is 18.2 Å². The first-order chi connectivity index (χ1) is 9.54. The molecule has 0 N–H and O–H groups in total. The number of non-ortho nitro benzene ring substituents is 1. The van der Waals surface area contributed by atoms with Gasteiger partial charge in [-0.3, -0.25) is 14.9 Å². The van der Waals surface area contributed by atoms with E-state index < -0.39 is 4.92 Å². The number of ketones is 1. The van der Waals surface area contributed by atoms with Crippen molar-refractivity contribution in [2.75, 3.05) is 11.4 Å². The van der Waals surface area contributed by atoms with E-state index in [9.17, 15) is 14.9 Å². The van der Waals surface area contributed by atoms with Crippen molar-refractivity contribution in [3.05, 3.63) is 33.9 Å². The van der Waals surface area contributed by atoms with Crippen LogP contribution in [0.2, 0.25) is 0 Å². The van der Waals surface area contributed by atoms with E-state index in [-0.39, 0.29) is 11.5 Å². The molecule has 1 saturated carbocycles. The minimum Gasteiger partial charge on any atom is -0.367 e. The lowest BCUT2D eigenvalue weighted by molar-refractivity contribution is -0.384. The Labute approximate surface area is 116 Å². The molecule has 0 amide bonds. The first-order valence-corrected chi connectivity index (χ1v) is 6.47. The second-order valence-corrected chi connectivity index (χ2v) is 4.85. The SMILES string of the molecule is CC(=O)c1cc([N+](=O)[O-])ccc1N(CCC#N)C1CC1. The second-order valence-electron chi connectivity index (χ2n) is 4.85. The number of nitro groups is 1. The van der Waals surface area contributed by atoms with Crippen LogP contribution in [0, 0.1) is 21.4 Å². The lowest BCUT2D eigenvalue weighted by atomic mass is 10.1. The van der Waals surface area contributed by atoms with Crippen LogP contribution in [0.25, 0.3) is 0 Å². The molecule has 0 saturated heterocycles. The van der Waals surface area contributed by atoms with Gasteiger partial charge in [-0.25, -0.2) is 0 Å². The summed E-state index contributed by atoms with van der Waals surface area (Å²) in [6.07, 6.45) is 2.42. The molecule has 20 heavy (non-hydrogen) atoms. The van der Waals surface area contributed by atoms with E-state index in [1.54, 1.807) is 6.07 Å². The fraction of sp³-hybridized carbons (Fsp3) is 0.429. The molecule has 0 aromatic heterocycles. The van der Waals surface area contributed by atoms with Crippen molar-refractivity contribution in [2.45, 2.75) is 32.2 Å². The number of carbonyl (C=O) groups is 1. The molecule has 0 atom stereocenters. The average Bonchev–Trinajstić information content (AvgIpc) is 3.23. The average molecular weight is 273 g/mol. The first kappa shape index (κ1) is 14.0. The fourth-order valence-electron chi connectivity index (χ4n) is 2.23. The molecule has 1 aromatic rings. The zero-order chi connectivity index (χ0) is 14.7. The number of nitro benzene ring substituents is 1. The van der Waals surface area contributed by atoms with Gasteiger partial charge in [0.15, 0.2) is 5.78 Å². The minimum absolute atomic E-state index is 0.0880. The van der Waals surface area contributed by atoms with Gasteiger partial charge in [0.25, 0.3) is 5.69 Å². The Kier molecular flexibility index (Phi) is 3.99. The van der Waals surface area contributed by atoms with Gasteiger partial charge < -0.3 is 4.90 Å². The molecule has 0 heterocycles. The molecule has 1 aromatic carbocycles. The van der Waals surface area contributed by atoms with E-state index in [1.165, 1.54) is 19.1 Å². The summed E-state index contributed by atoms with van der Waals surface area (Å²) in [5.74, 6) is -0.202. The standard InChI is InChI=1S/C14H15N3O3/c1-10(18)13-9-12(17(19)20)5-6-14(13)16(8-2-7-15)11-3-4-11/h5-6,9,11H,2-4,8H2,1H3. The van der Waals surface area contributed by atoms with Crippen LogP contribution < -0.4 is 4.90 Å². The van der Waals surface area contributed by atoms with Crippen molar-refractivity contribution in [1.29, 1.82) is 5.26 Å². The van der Waals surface area contributed by atoms with E-state index in [1.807, 2.05) is 4.90 Å². The predicted octanol–water partition coefficient (Wildman–Crippen LogP) is 2.68. The third-order valence-corrected chi connectivity index (χ3v) is 3.33. The number of nitriles is 1. The molecular formula is C14H15N3O3. The number of anilines is 1. The van der Waals surface area contributed by atoms with Crippen LogP contribution in [0.4, 0.5) is 11.4 Å². The van der Waals surface area contributed by atoms with Crippen molar-refractivity contribution in [2.24, 2.45) is 0 Å². The van der Waals surface area contributed by atoms with E-state index in [2.05, 4.69) is 6.07 Å². The van der Waals surface area contributed by atoms with Crippen LogP contribution >= 0.6 is 0 Å². The lowest BCUT2D eigenvalue weighted by Gasteiger charge is -2.25. The van der Waals surface area contributed by atoms with Gasteiger partial charge in [-0.05, 0) is 25.8 Å². The van der Waals surface area contributed by atoms with Crippen molar-refractivity contribution in [3.8, 4) is 6.07 Å². The number of hydrogen-bond donors (Lipinski definition) is 0. The smallest absolute Gasteiger partial charge is 0.270 e. The number of rotatable bonds is 6. The van der Waals surface area contributed by atoms with E-state index >= 15 is 0 Å². The molecule has 1 fully saturated rings. The molecule has 0 radical (unpaired) electrons. The van der Waals surface area contributed by atoms with Gasteiger partial charge in [-0.2, -0.15) is 5.26 Å². The van der Waals surface area contributed by atoms with E-state index in [0.29, 0.717) is 30.3 Å². The Hall–Kier alpha value is -2.42. The maximum absolute atomic E-state index is 11.7. The third-order valence-electron chi connectivity index (χ3n) is 3.33. The topological polar surface area (TPSA) is 87.2 Å². The number of carbonyl (C=O) groups excluding carboxylic acids is 1. The van der Waals surface area contributed by atoms with Crippen molar-refractivity contribution in [3.63, 3.8) is 0 Å². The second kappa shape index (κ2) is 5.70. The molecule has 6 heteroatoms. The Balaban J connectivity index is 2.40. The van der Waals surface area contributed by atoms with E-state index in [0.717, 1.165) is 12.8 Å². The summed E-state index contributed by atoms with van der Waals surface area (Å²) < 4.78 is 0. The van der Waals surface area contributed by atoms with Crippen LogP contribution in [0.5, 0.6) is 0 Å². The lowest BCUT2D eigenvalue weighted by Crippen LogP contribution is -2.28. The third kappa shape index (κ3) is 2.94. The van der Waals surface area contributed by atoms with Crippen LogP contribution in [0.3, 0.4) is 0 Å². The van der Waals surface area contributed by atoms with Gasteiger partial charge >= 0.3 is 0 Å². The maximum atomic E-state index is 11.7. The predicted molar refractivity (Wildman–Crippen MR) is 73.7 cm³/mol. The molecule has 2 rings (SSSR count). The fourth-order valence-corrected chi connectivity index (χ4v) is 2.23. The summed E-state index contributed by atoms with van der Waals surface area (Å²) in [6.45, 7) is 1.94. The molecule has 0 unspecified atom stereocenters. The number of nitrogens with zero attached hydrogens (tertiary/aromatic N) is 3. The molecule has 1 aliphatic carbocycles. The first-order valence-electron chi connectivity index (χ1n) is 6.47. The van der Waals surface area contributed by atoms with E-state index in [4.69, 9.17) is 5.26 Å². The normalized spacial score (nSPS) is 13.6. The summed E-state index contributed by atoms with van der Waals surface area (Å²) >= 11 is 0. The maximum Gasteiger partial charge on any atom is 0.270 e. The Morgan fingerprint density at radius 2 is 2.25 bits per heavy atom. The van der Waals surface area contributed by atoms with Crippen LogP contribution in [-0.2, 0) is 0 Å². The molecule has 0 bridgehead atoms.